The van der Waals surface area contributed by atoms with Crippen LogP contribution in [-0.4, -0.2) is 38.5 Å². The number of rotatable bonds is 3. The Labute approximate surface area is 145 Å². The minimum absolute atomic E-state index is 0.313. The summed E-state index contributed by atoms with van der Waals surface area (Å²) in [5.74, 6) is 0. The van der Waals surface area contributed by atoms with Gasteiger partial charge in [0, 0.05) is 0 Å². The van der Waals surface area contributed by atoms with Gasteiger partial charge >= 0.3 is 0 Å². The summed E-state index contributed by atoms with van der Waals surface area (Å²) >= 11 is 0. The Morgan fingerprint density at radius 2 is 0.913 bits per heavy atom. The topological polar surface area (TPSA) is 74.4 Å². The normalized spacial score (nSPS) is 15.1. The van der Waals surface area contributed by atoms with Gasteiger partial charge in [-0.3, -0.25) is 0 Å². The third-order valence-electron chi connectivity index (χ3n) is 4.95. The molecule has 0 heterocycles. The lowest BCUT2D eigenvalue weighted by Crippen LogP contribution is -2.53. The second kappa shape index (κ2) is 8.44. The molecule has 0 rings (SSSR count). The lowest BCUT2D eigenvalue weighted by molar-refractivity contribution is 0.313. The van der Waals surface area contributed by atoms with Crippen molar-refractivity contribution in [1.82, 2.24) is 0 Å². The van der Waals surface area contributed by atoms with Gasteiger partial charge in [-0.05, 0) is 50.1 Å². The Hall–Kier alpha value is -0.666. The van der Waals surface area contributed by atoms with Crippen molar-refractivity contribution in [3.8, 4) is 0 Å². The van der Waals surface area contributed by atoms with Gasteiger partial charge < -0.3 is 14.5 Å². The molecule has 0 atom stereocenters. The molecule has 0 aliphatic carbocycles. The van der Waals surface area contributed by atoms with Gasteiger partial charge in [0.15, 0.2) is 16.6 Å². The summed E-state index contributed by atoms with van der Waals surface area (Å²) in [5.41, 5.74) is 0.625. The quantitative estimate of drug-likeness (QED) is 0.293. The molecule has 0 bridgehead atoms. The molecular weight excluding hydrogens is 324 g/mol. The first-order valence-electron chi connectivity index (χ1n) is 8.01. The molecule has 0 aliphatic heterocycles. The third-order valence-corrected chi connectivity index (χ3v) is 16.3. The summed E-state index contributed by atoms with van der Waals surface area (Å²) in [6.07, 6.45) is 0. The van der Waals surface area contributed by atoms with Gasteiger partial charge in [0.1, 0.15) is 11.4 Å². The third kappa shape index (κ3) is 8.12. The highest BCUT2D eigenvalue weighted by Gasteiger charge is 2.46. The zero-order valence-corrected chi connectivity index (χ0v) is 19.2. The summed E-state index contributed by atoms with van der Waals surface area (Å²) in [5, 5.41) is 22.3. The molecule has 0 spiro atoms. The summed E-state index contributed by atoms with van der Waals surface area (Å²) in [7, 11) is -3.18. The van der Waals surface area contributed by atoms with Gasteiger partial charge in [-0.2, -0.15) is 0 Å². The van der Waals surface area contributed by atoms with Gasteiger partial charge in [0.25, 0.3) is 0 Å². The number of hydrogen-bond donors (Lipinski definition) is 2. The number of hydrogen-bond acceptors (Lipinski definition) is 5. The fraction of sp³-hybridized carbons (Fsp3) is 0.875. The standard InChI is InChI=1S/C12H30OSi2.C4H8N2O2/c1-11(2,3)14(7,8)13-15(9,10)12(4,5)6;1-3(5-7)4(2)6-8/h1-10H3;7-8H,1-2H3/b;5-3-,6-4-. The first-order valence-corrected chi connectivity index (χ1v) is 13.8. The highest BCUT2D eigenvalue weighted by Crippen LogP contribution is 2.44. The van der Waals surface area contributed by atoms with Crippen LogP contribution in [0.1, 0.15) is 55.4 Å². The Morgan fingerprint density at radius 3 is 1.04 bits per heavy atom. The maximum atomic E-state index is 8.03. The van der Waals surface area contributed by atoms with Crippen LogP contribution in [0.5, 0.6) is 0 Å². The zero-order chi connectivity index (χ0) is 19.3. The maximum absolute atomic E-state index is 8.03. The van der Waals surface area contributed by atoms with E-state index < -0.39 is 16.6 Å². The fourth-order valence-corrected chi connectivity index (χ4v) is 8.64. The SMILES string of the molecule is CC(=N/O)/C(C)=N\O.CC(C)(C)[Si](C)(C)O[Si](C)(C)C(C)(C)C. The molecule has 0 unspecified atom stereocenters. The molecule has 0 aromatic heterocycles. The van der Waals surface area contributed by atoms with Crippen LogP contribution in [0.25, 0.3) is 0 Å². The molecule has 0 aliphatic rings. The van der Waals surface area contributed by atoms with E-state index in [-0.39, 0.29) is 0 Å². The van der Waals surface area contributed by atoms with Crippen molar-refractivity contribution in [1.29, 1.82) is 0 Å². The average molecular weight is 363 g/mol. The van der Waals surface area contributed by atoms with Crippen LogP contribution in [-0.2, 0) is 4.12 Å². The Balaban J connectivity index is 0. The molecular formula is C16H38N2O3Si2. The molecule has 0 amide bonds. The van der Waals surface area contributed by atoms with E-state index in [0.29, 0.717) is 21.5 Å². The zero-order valence-electron chi connectivity index (χ0n) is 17.2. The van der Waals surface area contributed by atoms with Crippen molar-refractivity contribution in [3.63, 3.8) is 0 Å². The summed E-state index contributed by atoms with van der Waals surface area (Å²) in [6.45, 7) is 26.4. The lowest BCUT2D eigenvalue weighted by Gasteiger charge is -2.47. The van der Waals surface area contributed by atoms with E-state index in [0.717, 1.165) is 0 Å². The van der Waals surface area contributed by atoms with Crippen molar-refractivity contribution < 1.29 is 14.5 Å². The van der Waals surface area contributed by atoms with Crippen LogP contribution >= 0.6 is 0 Å². The van der Waals surface area contributed by atoms with Crippen LogP contribution in [0.2, 0.25) is 36.3 Å². The number of oxime groups is 2. The average Bonchev–Trinajstić information content (AvgIpc) is 2.33. The fourth-order valence-electron chi connectivity index (χ4n) is 1.09. The van der Waals surface area contributed by atoms with E-state index in [1.807, 2.05) is 0 Å². The van der Waals surface area contributed by atoms with Gasteiger partial charge in [-0.15, -0.1) is 0 Å². The summed E-state index contributed by atoms with van der Waals surface area (Å²) < 4.78 is 6.63. The summed E-state index contributed by atoms with van der Waals surface area (Å²) in [6, 6.07) is 0. The van der Waals surface area contributed by atoms with E-state index >= 15 is 0 Å². The van der Waals surface area contributed by atoms with Crippen LogP contribution in [0, 0.1) is 0 Å². The molecule has 0 saturated heterocycles. The van der Waals surface area contributed by atoms with Crippen LogP contribution < -0.4 is 0 Å². The number of nitrogens with zero attached hydrogens (tertiary/aromatic N) is 2. The Kier molecular flexibility index (Phi) is 9.02. The Bertz CT molecular complexity index is 392. The van der Waals surface area contributed by atoms with Gasteiger partial charge in [0.05, 0.1) is 0 Å². The largest absolute Gasteiger partial charge is 0.455 e. The van der Waals surface area contributed by atoms with Crippen molar-refractivity contribution in [2.24, 2.45) is 10.3 Å². The van der Waals surface area contributed by atoms with Crippen molar-refractivity contribution in [2.45, 2.75) is 91.7 Å². The maximum Gasteiger partial charge on any atom is 0.178 e. The van der Waals surface area contributed by atoms with Crippen LogP contribution in [0.3, 0.4) is 0 Å². The molecule has 2 N–H and O–H groups in total. The van der Waals surface area contributed by atoms with Crippen LogP contribution in [0.15, 0.2) is 10.3 Å². The highest BCUT2D eigenvalue weighted by atomic mass is 28.4. The predicted molar refractivity (Wildman–Crippen MR) is 105 cm³/mol. The van der Waals surface area contributed by atoms with E-state index in [1.54, 1.807) is 0 Å². The van der Waals surface area contributed by atoms with Gasteiger partial charge in [-0.25, -0.2) is 0 Å². The summed E-state index contributed by atoms with van der Waals surface area (Å²) in [4.78, 5) is 0. The predicted octanol–water partition coefficient (Wildman–Crippen LogP) is 5.70. The molecule has 0 saturated carbocycles. The molecule has 0 radical (unpaired) electrons. The molecule has 23 heavy (non-hydrogen) atoms. The minimum atomic E-state index is -1.59. The first kappa shape index (κ1) is 24.6. The van der Waals surface area contributed by atoms with Gasteiger partial charge in [0.2, 0.25) is 0 Å². The van der Waals surface area contributed by atoms with Crippen molar-refractivity contribution in [3.05, 3.63) is 0 Å². The highest BCUT2D eigenvalue weighted by molar-refractivity contribution is 6.87. The smallest absolute Gasteiger partial charge is 0.178 e. The minimum Gasteiger partial charge on any atom is -0.455 e. The van der Waals surface area contributed by atoms with E-state index in [1.165, 1.54) is 13.8 Å². The van der Waals surface area contributed by atoms with Crippen molar-refractivity contribution >= 4 is 28.1 Å². The van der Waals surface area contributed by atoms with E-state index in [4.69, 9.17) is 14.5 Å². The molecule has 138 valence electrons. The Morgan fingerprint density at radius 1 is 0.696 bits per heavy atom. The molecule has 0 aromatic carbocycles. The second-order valence-electron chi connectivity index (χ2n) is 8.99. The van der Waals surface area contributed by atoms with Crippen LogP contribution in [0.4, 0.5) is 0 Å². The monoisotopic (exact) mass is 362 g/mol. The van der Waals surface area contributed by atoms with E-state index in [2.05, 4.69) is 78.0 Å². The molecule has 0 fully saturated rings. The van der Waals surface area contributed by atoms with Crippen molar-refractivity contribution in [2.75, 3.05) is 0 Å². The van der Waals surface area contributed by atoms with E-state index in [9.17, 15) is 0 Å². The first-order chi connectivity index (χ1) is 9.93. The second-order valence-corrected chi connectivity index (χ2v) is 18.9. The lowest BCUT2D eigenvalue weighted by atomic mass is 10.2. The molecule has 5 nitrogen and oxygen atoms in total. The van der Waals surface area contributed by atoms with Gasteiger partial charge in [-0.1, -0.05) is 51.9 Å². The molecule has 7 heteroatoms. The molecule has 0 aromatic rings.